The first-order chi connectivity index (χ1) is 12.5. The summed E-state index contributed by atoms with van der Waals surface area (Å²) in [5, 5.41) is 3.46. The van der Waals surface area contributed by atoms with Crippen molar-refractivity contribution in [3.63, 3.8) is 0 Å². The van der Waals surface area contributed by atoms with Gasteiger partial charge in [0, 0.05) is 12.5 Å². The average molecular weight is 362 g/mol. The minimum Gasteiger partial charge on any atom is -0.382 e. The fourth-order valence-electron chi connectivity index (χ4n) is 3.75. The predicted molar refractivity (Wildman–Crippen MR) is 95.2 cm³/mol. The molecule has 3 N–H and O–H groups in total. The molecule has 4 atom stereocenters. The van der Waals surface area contributed by atoms with Crippen molar-refractivity contribution >= 4 is 17.0 Å². The van der Waals surface area contributed by atoms with E-state index in [4.69, 9.17) is 19.9 Å². The van der Waals surface area contributed by atoms with Gasteiger partial charge in [0.2, 0.25) is 0 Å². The third-order valence-corrected chi connectivity index (χ3v) is 4.88. The largest absolute Gasteiger partial charge is 0.382 e. The van der Waals surface area contributed by atoms with Crippen molar-refractivity contribution in [1.82, 2.24) is 24.8 Å². The van der Waals surface area contributed by atoms with Crippen LogP contribution < -0.4 is 11.1 Å². The lowest BCUT2D eigenvalue weighted by atomic mass is 9.94. The summed E-state index contributed by atoms with van der Waals surface area (Å²) >= 11 is 0. The molecule has 0 aromatic carbocycles. The monoisotopic (exact) mass is 362 g/mol. The maximum atomic E-state index is 6.23. The highest BCUT2D eigenvalue weighted by Gasteiger charge is 2.52. The Bertz CT molecular complexity index is 779. The molecule has 3 unspecified atom stereocenters. The van der Waals surface area contributed by atoms with Gasteiger partial charge in [0.25, 0.3) is 0 Å². The summed E-state index contributed by atoms with van der Waals surface area (Å²) in [5.41, 5.74) is 7.11. The summed E-state index contributed by atoms with van der Waals surface area (Å²) in [4.78, 5) is 12.7. The van der Waals surface area contributed by atoms with Gasteiger partial charge in [0.05, 0.1) is 19.0 Å². The standard InChI is InChI=1S/C17H26N6O3/c1-4-5-19-6-10-7-24-16(13-12(10)25-17(2,3)26-13)23-9-22-11-14(18)20-8-21-15(11)23/h8-10,12-13,16,19H,4-7H2,1-3H3,(H2,18,20,21)/t10-,12?,13?,16?/m1/s1. The molecular formula is C17H26N6O3. The summed E-state index contributed by atoms with van der Waals surface area (Å²) in [7, 11) is 0. The van der Waals surface area contributed by atoms with Crippen LogP contribution in [0.1, 0.15) is 33.4 Å². The van der Waals surface area contributed by atoms with E-state index in [1.54, 1.807) is 6.33 Å². The van der Waals surface area contributed by atoms with Crippen LogP contribution in [0.3, 0.4) is 0 Å². The van der Waals surface area contributed by atoms with Crippen molar-refractivity contribution in [2.24, 2.45) is 5.92 Å². The van der Waals surface area contributed by atoms with E-state index in [1.165, 1.54) is 6.33 Å². The van der Waals surface area contributed by atoms with E-state index in [1.807, 2.05) is 18.4 Å². The van der Waals surface area contributed by atoms with E-state index < -0.39 is 5.79 Å². The van der Waals surface area contributed by atoms with Crippen LogP contribution in [0.15, 0.2) is 12.7 Å². The molecule has 0 amide bonds. The maximum absolute atomic E-state index is 6.23. The highest BCUT2D eigenvalue weighted by atomic mass is 16.8. The second-order valence-corrected chi connectivity index (χ2v) is 7.34. The molecule has 9 nitrogen and oxygen atoms in total. The molecule has 4 rings (SSSR count). The van der Waals surface area contributed by atoms with Crippen LogP contribution in [0.4, 0.5) is 5.82 Å². The number of rotatable bonds is 5. The van der Waals surface area contributed by atoms with Crippen molar-refractivity contribution in [3.8, 4) is 0 Å². The van der Waals surface area contributed by atoms with Crippen molar-refractivity contribution < 1.29 is 14.2 Å². The first kappa shape index (κ1) is 17.6. The highest BCUT2D eigenvalue weighted by molar-refractivity contribution is 5.81. The Hall–Kier alpha value is -1.81. The third kappa shape index (κ3) is 3.05. The molecule has 2 aromatic rings. The summed E-state index contributed by atoms with van der Waals surface area (Å²) in [5.74, 6) is -0.0833. The van der Waals surface area contributed by atoms with Crippen LogP contribution in [0.5, 0.6) is 0 Å². The molecule has 0 saturated carbocycles. The number of nitrogen functional groups attached to an aromatic ring is 1. The zero-order valence-electron chi connectivity index (χ0n) is 15.4. The van der Waals surface area contributed by atoms with Gasteiger partial charge >= 0.3 is 0 Å². The fraction of sp³-hybridized carbons (Fsp3) is 0.706. The number of anilines is 1. The maximum Gasteiger partial charge on any atom is 0.167 e. The Labute approximate surface area is 152 Å². The SMILES string of the molecule is CCCNC[C@@H]1COC(n2cnc3c(N)ncnc32)C2OC(C)(C)OC21. The van der Waals surface area contributed by atoms with Gasteiger partial charge in [-0.3, -0.25) is 4.57 Å². The van der Waals surface area contributed by atoms with E-state index >= 15 is 0 Å². The number of nitrogens with two attached hydrogens (primary N) is 1. The van der Waals surface area contributed by atoms with Crippen molar-refractivity contribution in [3.05, 3.63) is 12.7 Å². The first-order valence-electron chi connectivity index (χ1n) is 9.11. The van der Waals surface area contributed by atoms with Gasteiger partial charge < -0.3 is 25.3 Å². The van der Waals surface area contributed by atoms with E-state index in [2.05, 4.69) is 27.2 Å². The number of ether oxygens (including phenoxy) is 3. The highest BCUT2D eigenvalue weighted by Crippen LogP contribution is 2.42. The second-order valence-electron chi connectivity index (χ2n) is 7.34. The van der Waals surface area contributed by atoms with Crippen molar-refractivity contribution in [2.75, 3.05) is 25.4 Å². The molecule has 0 bridgehead atoms. The van der Waals surface area contributed by atoms with Crippen molar-refractivity contribution in [1.29, 1.82) is 0 Å². The second kappa shape index (κ2) is 6.73. The number of nitrogens with zero attached hydrogens (tertiary/aromatic N) is 4. The van der Waals surface area contributed by atoms with Crippen LogP contribution in [0.25, 0.3) is 11.2 Å². The third-order valence-electron chi connectivity index (χ3n) is 4.88. The molecule has 0 radical (unpaired) electrons. The average Bonchev–Trinajstić information content (AvgIpc) is 3.16. The molecule has 2 aliphatic heterocycles. The first-order valence-corrected chi connectivity index (χ1v) is 9.11. The minimum atomic E-state index is -0.658. The summed E-state index contributed by atoms with van der Waals surface area (Å²) < 4.78 is 20.5. The van der Waals surface area contributed by atoms with Gasteiger partial charge in [0.1, 0.15) is 17.9 Å². The summed E-state index contributed by atoms with van der Waals surface area (Å²) in [6, 6.07) is 0. The smallest absolute Gasteiger partial charge is 0.167 e. The van der Waals surface area contributed by atoms with Crippen molar-refractivity contribution in [2.45, 2.75) is 51.4 Å². The van der Waals surface area contributed by atoms with E-state index in [0.717, 1.165) is 19.5 Å². The molecular weight excluding hydrogens is 336 g/mol. The Morgan fingerprint density at radius 1 is 1.27 bits per heavy atom. The van der Waals surface area contributed by atoms with Gasteiger partial charge in [-0.15, -0.1) is 0 Å². The van der Waals surface area contributed by atoms with Gasteiger partial charge in [-0.2, -0.15) is 0 Å². The summed E-state index contributed by atoms with van der Waals surface area (Å²) in [6.45, 7) is 8.41. The Kier molecular flexibility index (Phi) is 4.55. The Balaban J connectivity index is 1.62. The molecule has 2 fully saturated rings. The summed E-state index contributed by atoms with van der Waals surface area (Å²) in [6.07, 6.45) is 3.52. The number of aromatic nitrogens is 4. The zero-order valence-corrected chi connectivity index (χ0v) is 15.4. The fourth-order valence-corrected chi connectivity index (χ4v) is 3.75. The predicted octanol–water partition coefficient (Wildman–Crippen LogP) is 1.07. The number of hydrogen-bond donors (Lipinski definition) is 2. The molecule has 4 heterocycles. The Morgan fingerprint density at radius 3 is 2.88 bits per heavy atom. The van der Waals surface area contributed by atoms with Gasteiger partial charge in [-0.1, -0.05) is 6.92 Å². The number of nitrogens with one attached hydrogen (secondary N) is 1. The van der Waals surface area contributed by atoms with Crippen LogP contribution in [0, 0.1) is 5.92 Å². The van der Waals surface area contributed by atoms with Gasteiger partial charge in [-0.05, 0) is 26.8 Å². The molecule has 2 aliphatic rings. The van der Waals surface area contributed by atoms with Gasteiger partial charge in [-0.25, -0.2) is 15.0 Å². The molecule has 142 valence electrons. The number of hydrogen-bond acceptors (Lipinski definition) is 8. The zero-order chi connectivity index (χ0) is 18.3. The van der Waals surface area contributed by atoms with E-state index in [9.17, 15) is 0 Å². The van der Waals surface area contributed by atoms with E-state index in [0.29, 0.717) is 23.6 Å². The molecule has 0 aliphatic carbocycles. The van der Waals surface area contributed by atoms with Crippen LogP contribution in [0.2, 0.25) is 0 Å². The van der Waals surface area contributed by atoms with Crippen LogP contribution >= 0.6 is 0 Å². The number of imidazole rings is 1. The molecule has 2 saturated heterocycles. The lowest BCUT2D eigenvalue weighted by Crippen LogP contribution is -2.49. The van der Waals surface area contributed by atoms with E-state index in [-0.39, 0.29) is 24.4 Å². The Morgan fingerprint density at radius 2 is 2.08 bits per heavy atom. The molecule has 9 heteroatoms. The van der Waals surface area contributed by atoms with Crippen LogP contribution in [-0.2, 0) is 14.2 Å². The molecule has 26 heavy (non-hydrogen) atoms. The quantitative estimate of drug-likeness (QED) is 0.760. The molecule has 0 spiro atoms. The minimum absolute atomic E-state index is 0.0651. The molecule has 2 aromatic heterocycles. The lowest BCUT2D eigenvalue weighted by molar-refractivity contribution is -0.166. The number of fused-ring (bicyclic) bond motifs is 2. The lowest BCUT2D eigenvalue weighted by Gasteiger charge is -2.37. The topological polar surface area (TPSA) is 109 Å². The van der Waals surface area contributed by atoms with Gasteiger partial charge in [0.15, 0.2) is 23.5 Å². The normalized spacial score (nSPS) is 30.6. The van der Waals surface area contributed by atoms with Crippen LogP contribution in [-0.4, -0.2) is 57.2 Å².